The molecule has 0 aromatic heterocycles. The fourth-order valence-corrected chi connectivity index (χ4v) is 4.53. The minimum Gasteiger partial charge on any atom is -0.549 e. The maximum absolute atomic E-state index is 12.8. The topological polar surface area (TPSA) is 169 Å². The van der Waals surface area contributed by atoms with E-state index in [4.69, 9.17) is 0 Å². The maximum Gasteiger partial charge on any atom is 1.00 e. The molecule has 1 unspecified atom stereocenters. The van der Waals surface area contributed by atoms with Crippen LogP contribution in [-0.2, 0) is 29.3 Å². The van der Waals surface area contributed by atoms with Crippen molar-refractivity contribution in [2.75, 3.05) is 0 Å². The van der Waals surface area contributed by atoms with E-state index in [-0.39, 0.29) is 72.0 Å². The average molecular weight is 495 g/mol. The smallest absolute Gasteiger partial charge is 0.549 e. The molecule has 0 aliphatic heterocycles. The number of carbonyl (C=O) groups excluding carboxylic acids is 4. The van der Waals surface area contributed by atoms with Crippen LogP contribution < -0.4 is 69.3 Å². The van der Waals surface area contributed by atoms with Crippen LogP contribution in [0.4, 0.5) is 0 Å². The normalized spacial score (nSPS) is 12.2. The minimum atomic E-state index is -5.66. The molecule has 0 rings (SSSR count). The summed E-state index contributed by atoms with van der Waals surface area (Å²) < 4.78 is 32.8. The van der Waals surface area contributed by atoms with Crippen molar-refractivity contribution in [3.63, 3.8) is 0 Å². The van der Waals surface area contributed by atoms with Crippen LogP contribution in [-0.4, -0.2) is 41.7 Å². The molecule has 0 aliphatic carbocycles. The van der Waals surface area contributed by atoms with Crippen LogP contribution in [0.3, 0.4) is 0 Å². The Bertz CT molecular complexity index is 682. The number of carbonyl (C=O) groups is 4. The standard InChI is InChI=1S/C20H34O9S.2Na/c1-3-5-7-9-11-13-15(21)20(19(25)26,17(18(23)24)30(27,28)29)16(22)14-12-10-8-6-4-2;;/h17H,3-14H2,1-2H3,(H,23,24)(H,25,26)(H,27,28,29);;/q;2*+1/p-2. The molecule has 0 saturated heterocycles. The van der Waals surface area contributed by atoms with Crippen LogP contribution in [0.2, 0.25) is 0 Å². The molecule has 32 heavy (non-hydrogen) atoms. The van der Waals surface area contributed by atoms with Gasteiger partial charge in [-0.2, -0.15) is 8.42 Å². The Kier molecular flexibility index (Phi) is 21.3. The van der Waals surface area contributed by atoms with Gasteiger partial charge in [0, 0.05) is 12.8 Å². The predicted octanol–water partition coefficient (Wildman–Crippen LogP) is -5.40. The summed E-state index contributed by atoms with van der Waals surface area (Å²) in [7, 11) is -5.66. The number of carboxylic acids is 2. The van der Waals surface area contributed by atoms with Crippen molar-refractivity contribution in [3.05, 3.63) is 0 Å². The van der Waals surface area contributed by atoms with Crippen LogP contribution in [0.15, 0.2) is 0 Å². The van der Waals surface area contributed by atoms with Gasteiger partial charge < -0.3 is 19.8 Å². The van der Waals surface area contributed by atoms with Crippen LogP contribution in [0.1, 0.15) is 90.9 Å². The Hall–Kier alpha value is 0.190. The second-order valence-corrected chi connectivity index (χ2v) is 8.99. The molecule has 9 nitrogen and oxygen atoms in total. The fourth-order valence-electron chi connectivity index (χ4n) is 3.48. The van der Waals surface area contributed by atoms with E-state index in [1.165, 1.54) is 0 Å². The van der Waals surface area contributed by atoms with Crippen molar-refractivity contribution in [1.29, 1.82) is 0 Å². The zero-order valence-electron chi connectivity index (χ0n) is 19.7. The Labute approximate surface area is 234 Å². The number of ketones is 2. The molecule has 0 radical (unpaired) electrons. The van der Waals surface area contributed by atoms with Gasteiger partial charge in [-0.3, -0.25) is 14.1 Å². The number of rotatable bonds is 18. The summed E-state index contributed by atoms with van der Waals surface area (Å²) >= 11 is 0. The number of carboxylic acid groups (broad SMARTS) is 2. The summed E-state index contributed by atoms with van der Waals surface area (Å²) in [6, 6.07) is 0. The van der Waals surface area contributed by atoms with E-state index in [0.29, 0.717) is 12.8 Å². The van der Waals surface area contributed by atoms with Gasteiger partial charge in [0.1, 0.15) is 0 Å². The molecular formula is C20H32Na2O9S. The van der Waals surface area contributed by atoms with Gasteiger partial charge >= 0.3 is 59.1 Å². The Balaban J connectivity index is -0.00000420. The van der Waals surface area contributed by atoms with Gasteiger partial charge in [-0.25, -0.2) is 0 Å². The number of hydrogen-bond donors (Lipinski definition) is 1. The van der Waals surface area contributed by atoms with Crippen molar-refractivity contribution in [3.8, 4) is 0 Å². The molecule has 0 aliphatic rings. The quantitative estimate of drug-likeness (QED) is 0.0846. The van der Waals surface area contributed by atoms with E-state index in [0.717, 1.165) is 38.5 Å². The summed E-state index contributed by atoms with van der Waals surface area (Å²) in [5.74, 6) is -7.79. The van der Waals surface area contributed by atoms with E-state index in [9.17, 15) is 42.4 Å². The van der Waals surface area contributed by atoms with Gasteiger partial charge in [-0.15, -0.1) is 0 Å². The summed E-state index contributed by atoms with van der Waals surface area (Å²) in [6.45, 7) is 3.92. The van der Waals surface area contributed by atoms with Crippen LogP contribution in [0.25, 0.3) is 0 Å². The number of aliphatic carboxylic acids is 2. The zero-order chi connectivity index (χ0) is 23.4. The SMILES string of the molecule is CCCCCCCC(=O)C(C(=O)[O-])(C(=O)CCCCCCC)C(C(=O)[O-])S(=O)(=O)O.[Na+].[Na+]. The first kappa shape index (κ1) is 36.8. The number of Topliss-reactive ketones (excluding diaryl/α,β-unsaturated/α-hetero) is 2. The minimum absolute atomic E-state index is 0. The van der Waals surface area contributed by atoms with Gasteiger partial charge in [-0.05, 0) is 12.8 Å². The average Bonchev–Trinajstić information content (AvgIpc) is 2.63. The zero-order valence-corrected chi connectivity index (χ0v) is 24.5. The first-order chi connectivity index (χ1) is 14.0. The van der Waals surface area contributed by atoms with Crippen molar-refractivity contribution in [2.45, 2.75) is 96.1 Å². The molecular weight excluding hydrogens is 462 g/mol. The van der Waals surface area contributed by atoms with E-state index in [1.54, 1.807) is 0 Å². The summed E-state index contributed by atoms with van der Waals surface area (Å²) in [5.41, 5.74) is -3.54. The molecule has 1 atom stereocenters. The van der Waals surface area contributed by atoms with Crippen LogP contribution >= 0.6 is 0 Å². The first-order valence-corrected chi connectivity index (χ1v) is 11.9. The fraction of sp³-hybridized carbons (Fsp3) is 0.800. The van der Waals surface area contributed by atoms with Crippen molar-refractivity contribution in [2.24, 2.45) is 5.41 Å². The second-order valence-electron chi connectivity index (χ2n) is 7.48. The molecule has 12 heteroatoms. The molecule has 0 fully saturated rings. The van der Waals surface area contributed by atoms with Crippen LogP contribution in [0, 0.1) is 5.41 Å². The van der Waals surface area contributed by atoms with Crippen LogP contribution in [0.5, 0.6) is 0 Å². The molecule has 0 heterocycles. The van der Waals surface area contributed by atoms with Crippen molar-refractivity contribution in [1.82, 2.24) is 0 Å². The third-order valence-electron chi connectivity index (χ3n) is 5.12. The molecule has 0 spiro atoms. The Morgan fingerprint density at radius 2 is 1.09 bits per heavy atom. The van der Waals surface area contributed by atoms with E-state index in [2.05, 4.69) is 0 Å². The van der Waals surface area contributed by atoms with Gasteiger partial charge in [-0.1, -0.05) is 65.2 Å². The second kappa shape index (κ2) is 18.5. The summed E-state index contributed by atoms with van der Waals surface area (Å²) in [4.78, 5) is 49.0. The van der Waals surface area contributed by atoms with Crippen molar-refractivity contribution < 1.29 is 101 Å². The third kappa shape index (κ3) is 11.1. The van der Waals surface area contributed by atoms with E-state index >= 15 is 0 Å². The number of unbranched alkanes of at least 4 members (excludes halogenated alkanes) is 8. The first-order valence-electron chi connectivity index (χ1n) is 10.4. The van der Waals surface area contributed by atoms with Gasteiger partial charge in [0.15, 0.2) is 22.2 Å². The van der Waals surface area contributed by atoms with E-state index < -0.39 is 57.1 Å². The molecule has 1 N–H and O–H groups in total. The van der Waals surface area contributed by atoms with Gasteiger partial charge in [0.2, 0.25) is 0 Å². The molecule has 174 valence electrons. The molecule has 0 saturated carbocycles. The summed E-state index contributed by atoms with van der Waals surface area (Å²) in [6.07, 6.45) is 5.25. The maximum atomic E-state index is 12.8. The molecule has 0 aromatic rings. The molecule has 0 amide bonds. The Morgan fingerprint density at radius 1 is 0.750 bits per heavy atom. The van der Waals surface area contributed by atoms with E-state index in [1.807, 2.05) is 13.8 Å². The number of hydrogen-bond acceptors (Lipinski definition) is 8. The third-order valence-corrected chi connectivity index (χ3v) is 6.26. The largest absolute Gasteiger partial charge is 1.00 e. The predicted molar refractivity (Wildman–Crippen MR) is 105 cm³/mol. The van der Waals surface area contributed by atoms with Crippen molar-refractivity contribution >= 4 is 33.6 Å². The Morgan fingerprint density at radius 3 is 1.34 bits per heavy atom. The summed E-state index contributed by atoms with van der Waals surface area (Å²) in [5, 5.41) is 20.2. The monoisotopic (exact) mass is 494 g/mol. The van der Waals surface area contributed by atoms with Gasteiger partial charge in [0.05, 0.1) is 11.9 Å². The van der Waals surface area contributed by atoms with Gasteiger partial charge in [0.25, 0.3) is 10.1 Å². The molecule has 0 aromatic carbocycles. The molecule has 0 bridgehead atoms.